The van der Waals surface area contributed by atoms with E-state index in [1.54, 1.807) is 6.92 Å². The zero-order valence-corrected chi connectivity index (χ0v) is 11.2. The molecule has 2 aliphatic rings. The van der Waals surface area contributed by atoms with Gasteiger partial charge >= 0.3 is 0 Å². The van der Waals surface area contributed by atoms with Crippen LogP contribution in [0, 0.1) is 23.7 Å². The van der Waals surface area contributed by atoms with Gasteiger partial charge in [0.15, 0.2) is 0 Å². The Morgan fingerprint density at radius 1 is 1.41 bits per heavy atom. The lowest BCUT2D eigenvalue weighted by molar-refractivity contribution is -0.124. The van der Waals surface area contributed by atoms with Crippen LogP contribution in [0.15, 0.2) is 0 Å². The van der Waals surface area contributed by atoms with Crippen molar-refractivity contribution in [1.82, 2.24) is 5.32 Å². The van der Waals surface area contributed by atoms with Crippen LogP contribution in [-0.4, -0.2) is 23.2 Å². The molecule has 2 rings (SSSR count). The second kappa shape index (κ2) is 4.60. The summed E-state index contributed by atoms with van der Waals surface area (Å²) in [4.78, 5) is 11.9. The summed E-state index contributed by atoms with van der Waals surface area (Å²) < 4.78 is 0. The third-order valence-electron chi connectivity index (χ3n) is 4.20. The Hall–Kier alpha value is -0.570. The third kappa shape index (κ3) is 3.01. The molecule has 2 N–H and O–H groups in total. The minimum Gasteiger partial charge on any atom is -0.388 e. The summed E-state index contributed by atoms with van der Waals surface area (Å²) in [6.07, 6.45) is 4.48. The standard InChI is InChI=1S/C14H25NO2/c1-9(2)7-14(3,17)8-15-13(16)12-10-5-4-6-11(10)12/h9-12,17H,4-8H2,1-3H3,(H,15,16). The second-order valence-corrected chi connectivity index (χ2v) is 6.60. The number of fused-ring (bicyclic) bond motifs is 1. The SMILES string of the molecule is CC(C)CC(C)(O)CNC(=O)C1C2CCCC21. The van der Waals surface area contributed by atoms with E-state index in [-0.39, 0.29) is 11.8 Å². The van der Waals surface area contributed by atoms with E-state index in [0.29, 0.717) is 24.3 Å². The molecule has 17 heavy (non-hydrogen) atoms. The highest BCUT2D eigenvalue weighted by Gasteiger charge is 2.56. The topological polar surface area (TPSA) is 49.3 Å². The fourth-order valence-corrected chi connectivity index (χ4v) is 3.56. The molecule has 0 heterocycles. The minimum absolute atomic E-state index is 0.170. The van der Waals surface area contributed by atoms with E-state index >= 15 is 0 Å². The van der Waals surface area contributed by atoms with Crippen molar-refractivity contribution in [2.75, 3.05) is 6.54 Å². The van der Waals surface area contributed by atoms with Crippen molar-refractivity contribution < 1.29 is 9.90 Å². The molecular formula is C14H25NO2. The molecule has 2 saturated carbocycles. The molecule has 98 valence electrons. The second-order valence-electron chi connectivity index (χ2n) is 6.60. The maximum atomic E-state index is 11.9. The number of carbonyl (C=O) groups excluding carboxylic acids is 1. The number of hydrogen-bond acceptors (Lipinski definition) is 2. The van der Waals surface area contributed by atoms with Gasteiger partial charge in [-0.2, -0.15) is 0 Å². The summed E-state index contributed by atoms with van der Waals surface area (Å²) in [5.74, 6) is 2.19. The van der Waals surface area contributed by atoms with Gasteiger partial charge in [-0.15, -0.1) is 0 Å². The zero-order valence-electron chi connectivity index (χ0n) is 11.2. The van der Waals surface area contributed by atoms with Crippen LogP contribution in [0.5, 0.6) is 0 Å². The molecule has 0 aliphatic heterocycles. The van der Waals surface area contributed by atoms with E-state index in [1.165, 1.54) is 19.3 Å². The minimum atomic E-state index is -0.770. The smallest absolute Gasteiger partial charge is 0.223 e. The van der Waals surface area contributed by atoms with Crippen LogP contribution in [0.1, 0.15) is 46.5 Å². The summed E-state index contributed by atoms with van der Waals surface area (Å²) in [7, 11) is 0. The van der Waals surface area contributed by atoms with Crippen molar-refractivity contribution in [3.05, 3.63) is 0 Å². The normalized spacial score (nSPS) is 34.3. The molecule has 0 aromatic rings. The number of carbonyl (C=O) groups is 1. The molecule has 3 unspecified atom stereocenters. The van der Waals surface area contributed by atoms with Gasteiger partial charge in [-0.25, -0.2) is 0 Å². The predicted molar refractivity (Wildman–Crippen MR) is 67.4 cm³/mol. The van der Waals surface area contributed by atoms with Gasteiger partial charge in [-0.1, -0.05) is 20.3 Å². The Morgan fingerprint density at radius 3 is 2.53 bits per heavy atom. The van der Waals surface area contributed by atoms with Gasteiger partial charge in [0.05, 0.1) is 5.60 Å². The van der Waals surface area contributed by atoms with Crippen LogP contribution >= 0.6 is 0 Å². The first-order valence-electron chi connectivity index (χ1n) is 6.91. The molecule has 2 fully saturated rings. The van der Waals surface area contributed by atoms with Crippen LogP contribution in [0.4, 0.5) is 0 Å². The third-order valence-corrected chi connectivity index (χ3v) is 4.20. The van der Waals surface area contributed by atoms with E-state index < -0.39 is 5.60 Å². The number of aliphatic hydroxyl groups is 1. The van der Waals surface area contributed by atoms with Gasteiger partial charge in [0.1, 0.15) is 0 Å². The van der Waals surface area contributed by atoms with Crippen molar-refractivity contribution >= 4 is 5.91 Å². The van der Waals surface area contributed by atoms with Gasteiger partial charge in [-0.3, -0.25) is 4.79 Å². The van der Waals surface area contributed by atoms with Gasteiger partial charge < -0.3 is 10.4 Å². The van der Waals surface area contributed by atoms with E-state index in [9.17, 15) is 9.90 Å². The fraction of sp³-hybridized carbons (Fsp3) is 0.929. The Bertz CT molecular complexity index is 289. The van der Waals surface area contributed by atoms with Crippen molar-refractivity contribution in [3.8, 4) is 0 Å². The molecule has 2 aliphatic carbocycles. The summed E-state index contributed by atoms with van der Waals surface area (Å²) >= 11 is 0. The number of rotatable bonds is 5. The van der Waals surface area contributed by atoms with Crippen LogP contribution in [0.3, 0.4) is 0 Å². The Morgan fingerprint density at radius 2 is 2.00 bits per heavy atom. The Balaban J connectivity index is 1.73. The van der Waals surface area contributed by atoms with Gasteiger partial charge in [0.2, 0.25) is 5.91 Å². The average molecular weight is 239 g/mol. The summed E-state index contributed by atoms with van der Waals surface area (Å²) in [6, 6.07) is 0. The first-order valence-corrected chi connectivity index (χ1v) is 6.91. The van der Waals surface area contributed by atoms with Crippen molar-refractivity contribution in [3.63, 3.8) is 0 Å². The lowest BCUT2D eigenvalue weighted by atomic mass is 9.94. The Labute approximate surface area is 104 Å². The number of amides is 1. The summed E-state index contributed by atoms with van der Waals surface area (Å²) in [5, 5.41) is 13.1. The van der Waals surface area contributed by atoms with E-state index in [4.69, 9.17) is 0 Å². The van der Waals surface area contributed by atoms with Crippen LogP contribution in [-0.2, 0) is 4.79 Å². The average Bonchev–Trinajstić information content (AvgIpc) is 2.67. The molecular weight excluding hydrogens is 214 g/mol. The van der Waals surface area contributed by atoms with Gasteiger partial charge in [-0.05, 0) is 43.9 Å². The van der Waals surface area contributed by atoms with Crippen LogP contribution in [0.25, 0.3) is 0 Å². The van der Waals surface area contributed by atoms with Gasteiger partial charge in [0.25, 0.3) is 0 Å². The highest BCUT2D eigenvalue weighted by atomic mass is 16.3. The lowest BCUT2D eigenvalue weighted by Gasteiger charge is -2.25. The molecule has 0 aromatic heterocycles. The first kappa shape index (κ1) is 12.9. The summed E-state index contributed by atoms with van der Waals surface area (Å²) in [5.41, 5.74) is -0.770. The number of nitrogens with one attached hydrogen (secondary N) is 1. The molecule has 0 saturated heterocycles. The van der Waals surface area contributed by atoms with E-state index in [0.717, 1.165) is 6.42 Å². The predicted octanol–water partition coefficient (Wildman–Crippen LogP) is 1.95. The Kier molecular flexibility index (Phi) is 3.48. The first-order chi connectivity index (χ1) is 7.91. The van der Waals surface area contributed by atoms with Crippen molar-refractivity contribution in [2.45, 2.75) is 52.1 Å². The molecule has 1 amide bonds. The highest BCUT2D eigenvalue weighted by Crippen LogP contribution is 2.57. The highest BCUT2D eigenvalue weighted by molar-refractivity contribution is 5.82. The quantitative estimate of drug-likeness (QED) is 0.770. The number of hydrogen-bond donors (Lipinski definition) is 2. The molecule has 3 nitrogen and oxygen atoms in total. The molecule has 0 aromatic carbocycles. The van der Waals surface area contributed by atoms with Crippen LogP contribution in [0.2, 0.25) is 0 Å². The monoisotopic (exact) mass is 239 g/mol. The van der Waals surface area contributed by atoms with Crippen molar-refractivity contribution in [1.29, 1.82) is 0 Å². The fourth-order valence-electron chi connectivity index (χ4n) is 3.56. The van der Waals surface area contributed by atoms with E-state index in [2.05, 4.69) is 19.2 Å². The molecule has 3 heteroatoms. The maximum absolute atomic E-state index is 11.9. The van der Waals surface area contributed by atoms with Crippen LogP contribution < -0.4 is 5.32 Å². The maximum Gasteiger partial charge on any atom is 0.223 e. The molecule has 0 radical (unpaired) electrons. The molecule has 3 atom stereocenters. The largest absolute Gasteiger partial charge is 0.388 e. The lowest BCUT2D eigenvalue weighted by Crippen LogP contribution is -2.42. The zero-order chi connectivity index (χ0) is 12.6. The molecule has 0 bridgehead atoms. The molecule has 0 spiro atoms. The van der Waals surface area contributed by atoms with Crippen molar-refractivity contribution in [2.24, 2.45) is 23.7 Å². The summed E-state index contributed by atoms with van der Waals surface area (Å²) in [6.45, 7) is 6.37. The van der Waals surface area contributed by atoms with Gasteiger partial charge in [0, 0.05) is 12.5 Å². The van der Waals surface area contributed by atoms with E-state index in [1.807, 2.05) is 0 Å².